The summed E-state index contributed by atoms with van der Waals surface area (Å²) < 4.78 is 1.88. The Kier molecular flexibility index (Phi) is 3.69. The second-order valence-electron chi connectivity index (χ2n) is 6.12. The molecule has 0 saturated carbocycles. The highest BCUT2D eigenvalue weighted by atomic mass is 16.3. The summed E-state index contributed by atoms with van der Waals surface area (Å²) in [6.07, 6.45) is 1.72. The van der Waals surface area contributed by atoms with Gasteiger partial charge >= 0.3 is 0 Å². The zero-order valence-electron chi connectivity index (χ0n) is 14.0. The van der Waals surface area contributed by atoms with Gasteiger partial charge in [-0.2, -0.15) is 0 Å². The van der Waals surface area contributed by atoms with Crippen LogP contribution in [0.15, 0.2) is 58.4 Å². The van der Waals surface area contributed by atoms with Gasteiger partial charge in [0.15, 0.2) is 0 Å². The van der Waals surface area contributed by atoms with Crippen molar-refractivity contribution in [2.45, 2.75) is 6.54 Å². The molecule has 0 bridgehead atoms. The minimum absolute atomic E-state index is 0.150. The summed E-state index contributed by atoms with van der Waals surface area (Å²) in [7, 11) is 1.89. The molecule has 4 rings (SSSR count). The number of benzene rings is 2. The van der Waals surface area contributed by atoms with Crippen molar-refractivity contribution in [2.24, 2.45) is 7.05 Å². The zero-order valence-corrected chi connectivity index (χ0v) is 14.0. The molecule has 0 saturated heterocycles. The Morgan fingerprint density at radius 2 is 1.88 bits per heavy atom. The summed E-state index contributed by atoms with van der Waals surface area (Å²) in [5, 5.41) is 15.5. The van der Waals surface area contributed by atoms with Crippen molar-refractivity contribution >= 4 is 28.1 Å². The lowest BCUT2D eigenvalue weighted by atomic mass is 10.1. The number of aromatic hydroxyl groups is 1. The average Bonchev–Trinajstić information content (AvgIpc) is 3.01. The Morgan fingerprint density at radius 3 is 2.69 bits per heavy atom. The molecule has 1 heterocycles. The van der Waals surface area contributed by atoms with Crippen LogP contribution in [0, 0.1) is 0 Å². The standard InChI is InChI=1S/C19H16N4O3/c1-23-10-21-14-6-5-12(8-15(14)23)22-17-16(18(25)19(17)26)20-9-11-3-2-4-13(24)7-11/h2-8,10,20,22,24H,9H2,1H3. The average molecular weight is 348 g/mol. The number of phenolic OH excluding ortho intramolecular Hbond substituents is 1. The first-order chi connectivity index (χ1) is 12.5. The van der Waals surface area contributed by atoms with E-state index in [1.165, 1.54) is 0 Å². The summed E-state index contributed by atoms with van der Waals surface area (Å²) in [6, 6.07) is 12.2. The van der Waals surface area contributed by atoms with E-state index >= 15 is 0 Å². The summed E-state index contributed by atoms with van der Waals surface area (Å²) in [4.78, 5) is 28.1. The van der Waals surface area contributed by atoms with E-state index in [1.54, 1.807) is 24.5 Å². The van der Waals surface area contributed by atoms with E-state index in [0.29, 0.717) is 12.2 Å². The molecule has 0 radical (unpaired) electrons. The largest absolute Gasteiger partial charge is 0.508 e. The number of phenols is 1. The molecule has 0 atom stereocenters. The van der Waals surface area contributed by atoms with E-state index in [0.717, 1.165) is 16.6 Å². The molecular weight excluding hydrogens is 332 g/mol. The van der Waals surface area contributed by atoms with Gasteiger partial charge in [0.1, 0.15) is 17.1 Å². The van der Waals surface area contributed by atoms with Crippen molar-refractivity contribution in [3.8, 4) is 5.75 Å². The topological polar surface area (TPSA) is 96.2 Å². The van der Waals surface area contributed by atoms with Crippen LogP contribution in [-0.4, -0.2) is 14.7 Å². The normalized spacial score (nSPS) is 11.1. The van der Waals surface area contributed by atoms with E-state index in [-0.39, 0.29) is 17.1 Å². The number of hydrogen-bond acceptors (Lipinski definition) is 6. The first-order valence-corrected chi connectivity index (χ1v) is 8.06. The summed E-state index contributed by atoms with van der Waals surface area (Å²) in [5.41, 5.74) is 2.69. The monoisotopic (exact) mass is 348 g/mol. The number of nitrogens with one attached hydrogen (secondary N) is 2. The molecule has 130 valence electrons. The van der Waals surface area contributed by atoms with Crippen LogP contribution in [0.3, 0.4) is 0 Å². The first-order valence-electron chi connectivity index (χ1n) is 8.06. The number of nitrogens with zero attached hydrogens (tertiary/aromatic N) is 2. The van der Waals surface area contributed by atoms with Crippen molar-refractivity contribution in [2.75, 3.05) is 10.6 Å². The number of rotatable bonds is 5. The molecule has 0 amide bonds. The lowest BCUT2D eigenvalue weighted by Gasteiger charge is -2.15. The lowest BCUT2D eigenvalue weighted by molar-refractivity contribution is 0.474. The van der Waals surface area contributed by atoms with E-state index in [9.17, 15) is 14.7 Å². The number of anilines is 3. The Labute approximate surface area is 148 Å². The second kappa shape index (κ2) is 6.03. The van der Waals surface area contributed by atoms with Gasteiger partial charge < -0.3 is 20.3 Å². The van der Waals surface area contributed by atoms with Crippen LogP contribution in [-0.2, 0) is 13.6 Å². The number of imidazole rings is 1. The smallest absolute Gasteiger partial charge is 0.253 e. The van der Waals surface area contributed by atoms with Gasteiger partial charge in [0, 0.05) is 19.3 Å². The van der Waals surface area contributed by atoms with Crippen molar-refractivity contribution < 1.29 is 5.11 Å². The van der Waals surface area contributed by atoms with Crippen molar-refractivity contribution in [3.05, 3.63) is 74.8 Å². The second-order valence-corrected chi connectivity index (χ2v) is 6.12. The van der Waals surface area contributed by atoms with E-state index < -0.39 is 10.9 Å². The fourth-order valence-corrected chi connectivity index (χ4v) is 2.88. The number of aryl methyl sites for hydroxylation is 1. The van der Waals surface area contributed by atoms with Crippen LogP contribution in [0.25, 0.3) is 11.0 Å². The van der Waals surface area contributed by atoms with Gasteiger partial charge in [-0.1, -0.05) is 12.1 Å². The van der Waals surface area contributed by atoms with Crippen molar-refractivity contribution in [1.29, 1.82) is 0 Å². The maximum absolute atomic E-state index is 12.0. The van der Waals surface area contributed by atoms with Gasteiger partial charge in [0.2, 0.25) is 0 Å². The van der Waals surface area contributed by atoms with E-state index in [2.05, 4.69) is 15.6 Å². The minimum atomic E-state index is -0.548. The number of hydrogen-bond donors (Lipinski definition) is 3. The van der Waals surface area contributed by atoms with Crippen molar-refractivity contribution in [3.63, 3.8) is 0 Å². The number of aromatic nitrogens is 2. The van der Waals surface area contributed by atoms with Crippen LogP contribution in [0.4, 0.5) is 17.1 Å². The summed E-state index contributed by atoms with van der Waals surface area (Å²) in [6.45, 7) is 0.328. The molecule has 0 spiro atoms. The van der Waals surface area contributed by atoms with Gasteiger partial charge in [-0.15, -0.1) is 0 Å². The SMILES string of the molecule is Cn1cnc2ccc(Nc3c(NCc4cccc(O)c4)c(=O)c3=O)cc21. The first kappa shape index (κ1) is 15.9. The third kappa shape index (κ3) is 2.69. The quantitative estimate of drug-likeness (QED) is 0.479. The van der Waals surface area contributed by atoms with Crippen LogP contribution < -0.4 is 21.5 Å². The molecule has 3 aromatic carbocycles. The number of fused-ring (bicyclic) bond motifs is 1. The van der Waals surface area contributed by atoms with E-state index in [1.807, 2.05) is 35.9 Å². The minimum Gasteiger partial charge on any atom is -0.508 e. The highest BCUT2D eigenvalue weighted by Crippen LogP contribution is 2.24. The fraction of sp³-hybridized carbons (Fsp3) is 0.105. The third-order valence-electron chi connectivity index (χ3n) is 4.28. The Bertz CT molecular complexity index is 1190. The lowest BCUT2D eigenvalue weighted by Crippen LogP contribution is -2.36. The molecule has 26 heavy (non-hydrogen) atoms. The Hall–Kier alpha value is -3.61. The summed E-state index contributed by atoms with van der Waals surface area (Å²) in [5.74, 6) is 0.150. The maximum atomic E-state index is 12.0. The fourth-order valence-electron chi connectivity index (χ4n) is 2.88. The predicted molar refractivity (Wildman–Crippen MR) is 101 cm³/mol. The van der Waals surface area contributed by atoms with Gasteiger partial charge in [0.25, 0.3) is 10.9 Å². The van der Waals surface area contributed by atoms with Crippen LogP contribution in [0.2, 0.25) is 0 Å². The van der Waals surface area contributed by atoms with Crippen molar-refractivity contribution in [1.82, 2.24) is 9.55 Å². The van der Waals surface area contributed by atoms with Crippen LogP contribution in [0.5, 0.6) is 5.75 Å². The van der Waals surface area contributed by atoms with Gasteiger partial charge in [-0.25, -0.2) is 4.98 Å². The Morgan fingerprint density at radius 1 is 1.08 bits per heavy atom. The molecule has 7 nitrogen and oxygen atoms in total. The van der Waals surface area contributed by atoms with Gasteiger partial charge in [0.05, 0.1) is 17.4 Å². The molecule has 1 aromatic heterocycles. The molecule has 0 unspecified atom stereocenters. The van der Waals surface area contributed by atoms with Crippen LogP contribution >= 0.6 is 0 Å². The Balaban J connectivity index is 1.57. The predicted octanol–water partition coefficient (Wildman–Crippen LogP) is 2.23. The zero-order chi connectivity index (χ0) is 18.3. The highest BCUT2D eigenvalue weighted by molar-refractivity contribution is 5.84. The van der Waals surface area contributed by atoms with E-state index in [4.69, 9.17) is 0 Å². The third-order valence-corrected chi connectivity index (χ3v) is 4.28. The van der Waals surface area contributed by atoms with Crippen LogP contribution in [0.1, 0.15) is 5.56 Å². The molecule has 3 N–H and O–H groups in total. The molecule has 4 aromatic rings. The maximum Gasteiger partial charge on any atom is 0.253 e. The molecule has 0 aliphatic heterocycles. The summed E-state index contributed by atoms with van der Waals surface area (Å²) >= 11 is 0. The molecule has 7 heteroatoms. The highest BCUT2D eigenvalue weighted by Gasteiger charge is 2.21. The molecule has 0 aliphatic rings. The molecule has 0 fully saturated rings. The van der Waals surface area contributed by atoms with Gasteiger partial charge in [-0.3, -0.25) is 9.59 Å². The molecular formula is C19H16N4O3. The van der Waals surface area contributed by atoms with Gasteiger partial charge in [-0.05, 0) is 35.9 Å². The molecule has 0 aliphatic carbocycles.